The minimum absolute atomic E-state index is 0.0295. The Bertz CT molecular complexity index is 622. The summed E-state index contributed by atoms with van der Waals surface area (Å²) in [6, 6.07) is 12.1. The van der Waals surface area contributed by atoms with Crippen LogP contribution in [-0.4, -0.2) is 31.0 Å². The lowest BCUT2D eigenvalue weighted by atomic mass is 10.0. The number of nitrogens with one attached hydrogen (secondary N) is 1. The molecule has 23 heavy (non-hydrogen) atoms. The molecule has 1 aliphatic rings. The van der Waals surface area contributed by atoms with E-state index in [-0.39, 0.29) is 5.91 Å². The normalized spacial score (nSPS) is 18.0. The minimum atomic E-state index is 0.0295. The van der Waals surface area contributed by atoms with E-state index in [0.717, 1.165) is 30.9 Å². The maximum atomic E-state index is 12.2. The zero-order chi connectivity index (χ0) is 16.1. The molecule has 2 heterocycles. The van der Waals surface area contributed by atoms with Gasteiger partial charge >= 0.3 is 0 Å². The monoisotopic (exact) mass is 314 g/mol. The predicted molar refractivity (Wildman–Crippen MR) is 87.1 cm³/mol. The number of carbonyl (C=O) groups excluding carboxylic acids is 1. The van der Waals surface area contributed by atoms with Gasteiger partial charge in [-0.3, -0.25) is 9.69 Å². The van der Waals surface area contributed by atoms with E-state index in [9.17, 15) is 4.79 Å². The molecule has 5 heteroatoms. The first-order chi connectivity index (χ1) is 11.3. The van der Waals surface area contributed by atoms with E-state index < -0.39 is 0 Å². The van der Waals surface area contributed by atoms with Crippen LogP contribution in [0.1, 0.15) is 30.2 Å². The van der Waals surface area contributed by atoms with E-state index in [1.54, 1.807) is 13.4 Å². The molecule has 3 rings (SSSR count). The first-order valence-corrected chi connectivity index (χ1v) is 7.93. The van der Waals surface area contributed by atoms with Gasteiger partial charge in [-0.15, -0.1) is 0 Å². The highest BCUT2D eigenvalue weighted by Gasteiger charge is 2.27. The summed E-state index contributed by atoms with van der Waals surface area (Å²) >= 11 is 0. The fourth-order valence-electron chi connectivity index (χ4n) is 3.06. The molecule has 2 aromatic rings. The molecule has 1 amide bonds. The number of benzene rings is 1. The summed E-state index contributed by atoms with van der Waals surface area (Å²) in [5, 5.41) is 2.91. The molecule has 0 saturated carbocycles. The standard InChI is InChI=1S/C18H22N2O3/c1-22-15-8-6-14(7-9-15)17-5-2-10-20(17)13-18(21)19-12-16-4-3-11-23-16/h3-4,6-9,11,17H,2,5,10,12-13H2,1H3,(H,19,21). The molecule has 1 aromatic carbocycles. The molecule has 0 radical (unpaired) electrons. The average molecular weight is 314 g/mol. The molecule has 1 atom stereocenters. The number of likely N-dealkylation sites (tertiary alicyclic amines) is 1. The highest BCUT2D eigenvalue weighted by molar-refractivity contribution is 5.78. The maximum absolute atomic E-state index is 12.2. The van der Waals surface area contributed by atoms with Gasteiger partial charge in [-0.25, -0.2) is 0 Å². The van der Waals surface area contributed by atoms with Crippen molar-refractivity contribution in [3.63, 3.8) is 0 Å². The van der Waals surface area contributed by atoms with E-state index in [1.807, 2.05) is 24.3 Å². The van der Waals surface area contributed by atoms with Crippen molar-refractivity contribution in [2.24, 2.45) is 0 Å². The molecule has 1 fully saturated rings. The Morgan fingerprint density at radius 2 is 2.17 bits per heavy atom. The van der Waals surface area contributed by atoms with Gasteiger partial charge in [0.2, 0.25) is 5.91 Å². The van der Waals surface area contributed by atoms with Crippen molar-refractivity contribution in [2.75, 3.05) is 20.2 Å². The summed E-state index contributed by atoms with van der Waals surface area (Å²) in [5.41, 5.74) is 1.24. The molecule has 1 unspecified atom stereocenters. The zero-order valence-electron chi connectivity index (χ0n) is 13.3. The summed E-state index contributed by atoms with van der Waals surface area (Å²) < 4.78 is 10.4. The summed E-state index contributed by atoms with van der Waals surface area (Å²) in [6.07, 6.45) is 3.81. The number of hydrogen-bond donors (Lipinski definition) is 1. The topological polar surface area (TPSA) is 54.7 Å². The van der Waals surface area contributed by atoms with Gasteiger partial charge < -0.3 is 14.5 Å². The largest absolute Gasteiger partial charge is 0.497 e. The van der Waals surface area contributed by atoms with Gasteiger partial charge in [-0.2, -0.15) is 0 Å². The van der Waals surface area contributed by atoms with E-state index in [2.05, 4.69) is 22.3 Å². The lowest BCUT2D eigenvalue weighted by molar-refractivity contribution is -0.122. The number of ether oxygens (including phenoxy) is 1. The van der Waals surface area contributed by atoms with Crippen LogP contribution in [0.4, 0.5) is 0 Å². The fourth-order valence-corrected chi connectivity index (χ4v) is 3.06. The van der Waals surface area contributed by atoms with Gasteiger partial charge in [-0.05, 0) is 49.2 Å². The number of carbonyl (C=O) groups is 1. The van der Waals surface area contributed by atoms with Crippen LogP contribution in [-0.2, 0) is 11.3 Å². The fraction of sp³-hybridized carbons (Fsp3) is 0.389. The summed E-state index contributed by atoms with van der Waals surface area (Å²) in [5.74, 6) is 1.66. The second kappa shape index (κ2) is 7.33. The Labute approximate surface area is 136 Å². The highest BCUT2D eigenvalue weighted by Crippen LogP contribution is 2.32. The SMILES string of the molecule is COc1ccc(C2CCCN2CC(=O)NCc2ccco2)cc1. The highest BCUT2D eigenvalue weighted by atomic mass is 16.5. The second-order valence-corrected chi connectivity index (χ2v) is 5.76. The Morgan fingerprint density at radius 3 is 2.87 bits per heavy atom. The third kappa shape index (κ3) is 3.93. The molecule has 1 aromatic heterocycles. The van der Waals surface area contributed by atoms with E-state index in [0.29, 0.717) is 19.1 Å². The van der Waals surface area contributed by atoms with Crippen molar-refractivity contribution >= 4 is 5.91 Å². The summed E-state index contributed by atoms with van der Waals surface area (Å²) in [4.78, 5) is 14.4. The van der Waals surface area contributed by atoms with Crippen molar-refractivity contribution in [1.29, 1.82) is 0 Å². The van der Waals surface area contributed by atoms with Crippen molar-refractivity contribution in [3.8, 4) is 5.75 Å². The van der Waals surface area contributed by atoms with Crippen molar-refractivity contribution in [1.82, 2.24) is 10.2 Å². The Morgan fingerprint density at radius 1 is 1.35 bits per heavy atom. The number of amides is 1. The molecule has 1 N–H and O–H groups in total. The van der Waals surface area contributed by atoms with Crippen LogP contribution in [0, 0.1) is 0 Å². The lowest BCUT2D eigenvalue weighted by Crippen LogP contribution is -2.36. The van der Waals surface area contributed by atoms with E-state index in [4.69, 9.17) is 9.15 Å². The molecular weight excluding hydrogens is 292 g/mol. The third-order valence-electron chi connectivity index (χ3n) is 4.25. The average Bonchev–Trinajstić information content (AvgIpc) is 3.25. The van der Waals surface area contributed by atoms with Gasteiger partial charge in [0, 0.05) is 6.04 Å². The van der Waals surface area contributed by atoms with Crippen molar-refractivity contribution in [2.45, 2.75) is 25.4 Å². The lowest BCUT2D eigenvalue weighted by Gasteiger charge is -2.24. The molecule has 5 nitrogen and oxygen atoms in total. The van der Waals surface area contributed by atoms with Gasteiger partial charge in [0.05, 0.1) is 26.5 Å². The van der Waals surface area contributed by atoms with Crippen LogP contribution in [0.2, 0.25) is 0 Å². The first-order valence-electron chi connectivity index (χ1n) is 7.93. The van der Waals surface area contributed by atoms with Crippen molar-refractivity contribution in [3.05, 3.63) is 54.0 Å². The van der Waals surface area contributed by atoms with Crippen LogP contribution in [0.3, 0.4) is 0 Å². The Hall–Kier alpha value is -2.27. The number of methoxy groups -OCH3 is 1. The Balaban J connectivity index is 1.56. The molecule has 122 valence electrons. The van der Waals surface area contributed by atoms with E-state index in [1.165, 1.54) is 5.56 Å². The number of rotatable bonds is 6. The third-order valence-corrected chi connectivity index (χ3v) is 4.25. The van der Waals surface area contributed by atoms with Gasteiger partial charge in [0.25, 0.3) is 0 Å². The van der Waals surface area contributed by atoms with Gasteiger partial charge in [0.1, 0.15) is 11.5 Å². The molecule has 0 spiro atoms. The van der Waals surface area contributed by atoms with Crippen LogP contribution in [0.25, 0.3) is 0 Å². The quantitative estimate of drug-likeness (QED) is 0.891. The molecule has 1 saturated heterocycles. The Kier molecular flexibility index (Phi) is 4.98. The first kappa shape index (κ1) is 15.6. The van der Waals surface area contributed by atoms with Crippen LogP contribution >= 0.6 is 0 Å². The van der Waals surface area contributed by atoms with Crippen LogP contribution in [0.15, 0.2) is 47.1 Å². The van der Waals surface area contributed by atoms with Crippen LogP contribution < -0.4 is 10.1 Å². The number of furan rings is 1. The van der Waals surface area contributed by atoms with Crippen LogP contribution in [0.5, 0.6) is 5.75 Å². The molecular formula is C18H22N2O3. The van der Waals surface area contributed by atoms with Gasteiger partial charge in [-0.1, -0.05) is 12.1 Å². The summed E-state index contributed by atoms with van der Waals surface area (Å²) in [7, 11) is 1.67. The number of nitrogens with zero attached hydrogens (tertiary/aromatic N) is 1. The predicted octanol–water partition coefficient (Wildman–Crippen LogP) is 2.74. The molecule has 1 aliphatic heterocycles. The minimum Gasteiger partial charge on any atom is -0.497 e. The maximum Gasteiger partial charge on any atom is 0.234 e. The molecule has 0 bridgehead atoms. The molecule has 0 aliphatic carbocycles. The summed E-state index contributed by atoms with van der Waals surface area (Å²) in [6.45, 7) is 1.80. The number of hydrogen-bond acceptors (Lipinski definition) is 4. The zero-order valence-corrected chi connectivity index (χ0v) is 13.3. The smallest absolute Gasteiger partial charge is 0.234 e. The van der Waals surface area contributed by atoms with Crippen molar-refractivity contribution < 1.29 is 13.9 Å². The second-order valence-electron chi connectivity index (χ2n) is 5.76. The van der Waals surface area contributed by atoms with E-state index >= 15 is 0 Å². The van der Waals surface area contributed by atoms with Gasteiger partial charge in [0.15, 0.2) is 0 Å².